The van der Waals surface area contributed by atoms with Gasteiger partial charge in [0.25, 0.3) is 5.89 Å². The van der Waals surface area contributed by atoms with Crippen LogP contribution in [0.5, 0.6) is 0 Å². The van der Waals surface area contributed by atoms with Crippen molar-refractivity contribution in [3.63, 3.8) is 0 Å². The van der Waals surface area contributed by atoms with Gasteiger partial charge in [0.2, 0.25) is 5.89 Å². The topological polar surface area (TPSA) is 108 Å². The Balaban J connectivity index is 1.65. The van der Waals surface area contributed by atoms with Crippen LogP contribution in [0, 0.1) is 0 Å². The van der Waals surface area contributed by atoms with Crippen molar-refractivity contribution in [3.05, 3.63) is 54.6 Å². The summed E-state index contributed by atoms with van der Waals surface area (Å²) in [5.74, 6) is 0.877. The summed E-state index contributed by atoms with van der Waals surface area (Å²) in [5, 5.41) is 8.27. The number of nitrogens with zero attached hydrogens (tertiary/aromatic N) is 4. The largest absolute Gasteiger partial charge is 0.414 e. The van der Waals surface area contributed by atoms with Crippen molar-refractivity contribution in [1.82, 2.24) is 20.2 Å². The Morgan fingerprint density at radius 1 is 1.10 bits per heavy atom. The van der Waals surface area contributed by atoms with Crippen LogP contribution in [-0.2, 0) is 10.8 Å². The molecule has 4 rings (SSSR count). The normalized spacial score (nSPS) is 14.8. The molecule has 148 valence electrons. The Labute approximate surface area is 171 Å². The van der Waals surface area contributed by atoms with Gasteiger partial charge in [0.15, 0.2) is 11.5 Å². The molecule has 0 saturated carbocycles. The molecule has 0 spiro atoms. The van der Waals surface area contributed by atoms with E-state index in [1.54, 1.807) is 6.20 Å². The second-order valence-electron chi connectivity index (χ2n) is 6.91. The van der Waals surface area contributed by atoms with Crippen molar-refractivity contribution >= 4 is 22.2 Å². The quantitative estimate of drug-likeness (QED) is 0.680. The molecule has 0 radical (unpaired) electrons. The van der Waals surface area contributed by atoms with Crippen LogP contribution in [0.4, 0.5) is 5.82 Å². The van der Waals surface area contributed by atoms with Gasteiger partial charge in [0, 0.05) is 21.3 Å². The first-order chi connectivity index (χ1) is 14.0. The van der Waals surface area contributed by atoms with E-state index in [1.165, 1.54) is 0 Å². The smallest absolute Gasteiger partial charge is 0.270 e. The average molecular weight is 407 g/mol. The molecule has 1 aromatic carbocycles. The molecule has 0 amide bonds. The van der Waals surface area contributed by atoms with Gasteiger partial charge in [-0.3, -0.25) is 4.21 Å². The number of anilines is 1. The third-order valence-electron chi connectivity index (χ3n) is 4.48. The molecule has 2 N–H and O–H groups in total. The van der Waals surface area contributed by atoms with Crippen LogP contribution in [0.3, 0.4) is 0 Å². The second kappa shape index (κ2) is 8.08. The van der Waals surface area contributed by atoms with Crippen LogP contribution in [0.15, 0.2) is 58.0 Å². The molecule has 0 aliphatic heterocycles. The molecule has 29 heavy (non-hydrogen) atoms. The Hall–Kier alpha value is -3.13. The van der Waals surface area contributed by atoms with Crippen LogP contribution >= 0.6 is 0 Å². The van der Waals surface area contributed by atoms with E-state index in [4.69, 9.17) is 10.2 Å². The first-order valence-corrected chi connectivity index (χ1v) is 10.6. The second-order valence-corrected chi connectivity index (χ2v) is 8.92. The minimum absolute atomic E-state index is 0.0598. The zero-order valence-electron chi connectivity index (χ0n) is 16.2. The first kappa shape index (κ1) is 19.2. The predicted molar refractivity (Wildman–Crippen MR) is 113 cm³/mol. The van der Waals surface area contributed by atoms with Gasteiger partial charge in [0.1, 0.15) is 0 Å². The fourth-order valence-electron chi connectivity index (χ4n) is 2.93. The Bertz CT molecular complexity index is 1120. The van der Waals surface area contributed by atoms with E-state index in [2.05, 4.69) is 32.3 Å². The molecular weight excluding hydrogens is 386 g/mol. The molecule has 8 heteroatoms. The van der Waals surface area contributed by atoms with Crippen molar-refractivity contribution in [2.45, 2.75) is 36.8 Å². The van der Waals surface area contributed by atoms with E-state index in [0.29, 0.717) is 17.3 Å². The molecule has 1 aliphatic carbocycles. The summed E-state index contributed by atoms with van der Waals surface area (Å²) in [6.45, 7) is 3.86. The number of hydrogen-bond donors (Lipinski definition) is 1. The van der Waals surface area contributed by atoms with Gasteiger partial charge in [-0.05, 0) is 25.0 Å². The maximum Gasteiger partial charge on any atom is 0.270 e. The minimum Gasteiger partial charge on any atom is -0.414 e. The summed E-state index contributed by atoms with van der Waals surface area (Å²) in [7, 11) is -1.04. The van der Waals surface area contributed by atoms with E-state index < -0.39 is 10.8 Å². The summed E-state index contributed by atoms with van der Waals surface area (Å²) < 4.78 is 18.0. The SMILES string of the molecule is CC(C)S(=O)c1ccc(-c2cnc(N)c(-c3nnc(C4=CCCC=C4)o3)n2)cc1. The Morgan fingerprint density at radius 2 is 1.86 bits per heavy atom. The van der Waals surface area contributed by atoms with Crippen molar-refractivity contribution in [3.8, 4) is 22.8 Å². The van der Waals surface area contributed by atoms with E-state index >= 15 is 0 Å². The molecule has 1 unspecified atom stereocenters. The molecule has 1 atom stereocenters. The van der Waals surface area contributed by atoms with Crippen molar-refractivity contribution < 1.29 is 8.63 Å². The zero-order valence-corrected chi connectivity index (χ0v) is 17.0. The summed E-state index contributed by atoms with van der Waals surface area (Å²) in [6.07, 6.45) is 9.65. The highest BCUT2D eigenvalue weighted by molar-refractivity contribution is 7.85. The molecule has 0 saturated heterocycles. The molecule has 0 bridgehead atoms. The maximum atomic E-state index is 12.2. The molecule has 7 nitrogen and oxygen atoms in total. The Morgan fingerprint density at radius 3 is 2.55 bits per heavy atom. The molecule has 0 fully saturated rings. The lowest BCUT2D eigenvalue weighted by Gasteiger charge is -2.07. The van der Waals surface area contributed by atoms with E-state index in [-0.39, 0.29) is 17.0 Å². The third-order valence-corrected chi connectivity index (χ3v) is 6.07. The van der Waals surface area contributed by atoms with Gasteiger partial charge >= 0.3 is 0 Å². The lowest BCUT2D eigenvalue weighted by Crippen LogP contribution is -2.05. The van der Waals surface area contributed by atoms with Crippen LogP contribution in [0.25, 0.3) is 28.4 Å². The lowest BCUT2D eigenvalue weighted by atomic mass is 10.1. The number of rotatable bonds is 5. The number of hydrogen-bond acceptors (Lipinski definition) is 7. The number of aromatic nitrogens is 4. The van der Waals surface area contributed by atoms with Gasteiger partial charge in [-0.15, -0.1) is 10.2 Å². The van der Waals surface area contributed by atoms with Gasteiger partial charge in [-0.25, -0.2) is 9.97 Å². The van der Waals surface area contributed by atoms with Gasteiger partial charge < -0.3 is 10.2 Å². The number of allylic oxidation sites excluding steroid dienone is 4. The van der Waals surface area contributed by atoms with Crippen LogP contribution in [0.2, 0.25) is 0 Å². The molecule has 2 aromatic heterocycles. The van der Waals surface area contributed by atoms with E-state index in [1.807, 2.05) is 44.2 Å². The first-order valence-electron chi connectivity index (χ1n) is 9.37. The van der Waals surface area contributed by atoms with Crippen LogP contribution in [-0.4, -0.2) is 29.6 Å². The highest BCUT2D eigenvalue weighted by Gasteiger charge is 2.18. The van der Waals surface area contributed by atoms with Gasteiger partial charge in [-0.1, -0.05) is 44.2 Å². The number of nitrogen functional groups attached to an aromatic ring is 1. The molecule has 2 heterocycles. The van der Waals surface area contributed by atoms with Crippen molar-refractivity contribution in [2.75, 3.05) is 5.73 Å². The summed E-state index contributed by atoms with van der Waals surface area (Å²) >= 11 is 0. The van der Waals surface area contributed by atoms with Gasteiger partial charge in [0.05, 0.1) is 22.7 Å². The zero-order chi connectivity index (χ0) is 20.4. The minimum atomic E-state index is -1.04. The maximum absolute atomic E-state index is 12.2. The fraction of sp³-hybridized carbons (Fsp3) is 0.238. The summed E-state index contributed by atoms with van der Waals surface area (Å²) in [6, 6.07) is 7.43. The van der Waals surface area contributed by atoms with Gasteiger partial charge in [-0.2, -0.15) is 0 Å². The number of nitrogens with two attached hydrogens (primary N) is 1. The highest BCUT2D eigenvalue weighted by atomic mass is 32.2. The predicted octanol–water partition coefficient (Wildman–Crippen LogP) is 4.03. The van der Waals surface area contributed by atoms with Crippen LogP contribution in [0.1, 0.15) is 32.6 Å². The molecule has 1 aliphatic rings. The van der Waals surface area contributed by atoms with E-state index in [0.717, 1.165) is 28.9 Å². The van der Waals surface area contributed by atoms with E-state index in [9.17, 15) is 4.21 Å². The molecular formula is C21H21N5O2S. The van der Waals surface area contributed by atoms with Crippen molar-refractivity contribution in [1.29, 1.82) is 0 Å². The standard InChI is InChI=1S/C21H21N5O2S/c1-13(2)29(27)16-10-8-14(9-11-16)17-12-23-19(22)18(24-17)21-26-25-20(28-21)15-6-4-3-5-7-15/h4,6-13H,3,5H2,1-2H3,(H2,22,23). The highest BCUT2D eigenvalue weighted by Crippen LogP contribution is 2.28. The summed E-state index contributed by atoms with van der Waals surface area (Å²) in [5.41, 5.74) is 8.71. The third kappa shape index (κ3) is 4.02. The number of benzene rings is 1. The van der Waals surface area contributed by atoms with Crippen LogP contribution < -0.4 is 5.73 Å². The monoisotopic (exact) mass is 407 g/mol. The average Bonchev–Trinajstić information content (AvgIpc) is 3.24. The lowest BCUT2D eigenvalue weighted by molar-refractivity contribution is 0.552. The summed E-state index contributed by atoms with van der Waals surface area (Å²) in [4.78, 5) is 9.60. The fourth-order valence-corrected chi connectivity index (χ4v) is 3.88. The van der Waals surface area contributed by atoms with Crippen molar-refractivity contribution in [2.24, 2.45) is 0 Å². The Kier molecular flexibility index (Phi) is 5.35. The molecule has 3 aromatic rings.